The largest absolute Gasteiger partial charge is 0.496 e. The average molecular weight is 529 g/mol. The number of esters is 1. The quantitative estimate of drug-likeness (QED) is 0.349. The van der Waals surface area contributed by atoms with Crippen molar-refractivity contribution in [2.45, 2.75) is 26.8 Å². The summed E-state index contributed by atoms with van der Waals surface area (Å²) in [7, 11) is 3.21. The molecule has 38 heavy (non-hydrogen) atoms. The molecule has 0 N–H and O–H groups in total. The minimum Gasteiger partial charge on any atom is -0.496 e. The molecule has 3 aromatic carbocycles. The Morgan fingerprint density at radius 3 is 2.55 bits per heavy atom. The third kappa shape index (κ3) is 4.31. The highest BCUT2D eigenvalue weighted by molar-refractivity contribution is 7.07. The van der Waals surface area contributed by atoms with Crippen LogP contribution in [0.25, 0.3) is 16.8 Å². The molecule has 0 amide bonds. The first-order chi connectivity index (χ1) is 18.4. The van der Waals surface area contributed by atoms with Gasteiger partial charge >= 0.3 is 5.97 Å². The van der Waals surface area contributed by atoms with E-state index < -0.39 is 12.0 Å². The molecule has 0 saturated heterocycles. The fourth-order valence-corrected chi connectivity index (χ4v) is 5.92. The smallest absolute Gasteiger partial charge is 0.338 e. The average Bonchev–Trinajstić information content (AvgIpc) is 3.22. The maximum atomic E-state index is 14.0. The number of benzene rings is 3. The lowest BCUT2D eigenvalue weighted by Crippen LogP contribution is -2.40. The van der Waals surface area contributed by atoms with Gasteiger partial charge in [0.2, 0.25) is 0 Å². The van der Waals surface area contributed by atoms with Crippen molar-refractivity contribution in [2.24, 2.45) is 4.99 Å². The molecule has 1 aromatic heterocycles. The van der Waals surface area contributed by atoms with Crippen LogP contribution in [0.5, 0.6) is 11.5 Å². The first-order valence-corrected chi connectivity index (χ1v) is 13.1. The lowest BCUT2D eigenvalue weighted by molar-refractivity contribution is -0.139. The van der Waals surface area contributed by atoms with Gasteiger partial charge in [-0.3, -0.25) is 9.36 Å². The molecule has 0 saturated carbocycles. The van der Waals surface area contributed by atoms with Crippen LogP contribution in [0.4, 0.5) is 0 Å². The van der Waals surface area contributed by atoms with Crippen molar-refractivity contribution in [3.8, 4) is 11.5 Å². The summed E-state index contributed by atoms with van der Waals surface area (Å²) in [5.74, 6) is 0.805. The molecule has 1 atom stereocenters. The molecular weight excluding hydrogens is 500 g/mol. The van der Waals surface area contributed by atoms with Gasteiger partial charge in [-0.1, -0.05) is 53.8 Å². The number of hydrogen-bond donors (Lipinski definition) is 0. The topological polar surface area (TPSA) is 79.1 Å². The zero-order valence-electron chi connectivity index (χ0n) is 21.9. The Hall–Kier alpha value is -4.17. The summed E-state index contributed by atoms with van der Waals surface area (Å²) >= 11 is 1.28. The molecule has 0 bridgehead atoms. The van der Waals surface area contributed by atoms with Crippen molar-refractivity contribution in [2.75, 3.05) is 20.8 Å². The molecule has 0 spiro atoms. The SMILES string of the molecule is CCOC(=O)C1=C(C)N=c2s/c(=C\c3ccc(C)c(OC)c3)c(=O)n2[C@H]1c1c(OC)ccc2ccccc12. The monoisotopic (exact) mass is 528 g/mol. The van der Waals surface area contributed by atoms with Crippen molar-refractivity contribution in [1.82, 2.24) is 4.57 Å². The minimum atomic E-state index is -0.777. The van der Waals surface area contributed by atoms with E-state index in [0.29, 0.717) is 31.9 Å². The van der Waals surface area contributed by atoms with Gasteiger partial charge in [0.1, 0.15) is 17.5 Å². The second-order valence-corrected chi connectivity index (χ2v) is 9.94. The standard InChI is InChI=1S/C30H28N2O5S/c1-6-37-29(34)25-18(3)31-30-32(27(25)26-21-10-8-7-9-20(21)13-14-22(26)35-4)28(33)24(38-30)16-19-12-11-17(2)23(15-19)36-5/h7-16,27H,6H2,1-5H3/b24-16-/t27-/m1/s1. The molecule has 1 aliphatic rings. The summed E-state index contributed by atoms with van der Waals surface area (Å²) in [5, 5.41) is 1.85. The summed E-state index contributed by atoms with van der Waals surface area (Å²) in [5.41, 5.74) is 3.13. The van der Waals surface area contributed by atoms with Gasteiger partial charge in [-0.15, -0.1) is 0 Å². The molecule has 7 nitrogen and oxygen atoms in total. The third-order valence-electron chi connectivity index (χ3n) is 6.67. The van der Waals surface area contributed by atoms with E-state index in [1.165, 1.54) is 11.3 Å². The van der Waals surface area contributed by atoms with Crippen LogP contribution in [0, 0.1) is 6.92 Å². The number of aryl methyl sites for hydroxylation is 1. The third-order valence-corrected chi connectivity index (χ3v) is 7.65. The van der Waals surface area contributed by atoms with Crippen LogP contribution in [0.1, 0.15) is 36.6 Å². The molecular formula is C30H28N2O5S. The lowest BCUT2D eigenvalue weighted by atomic mass is 9.90. The highest BCUT2D eigenvalue weighted by atomic mass is 32.1. The minimum absolute atomic E-state index is 0.203. The summed E-state index contributed by atoms with van der Waals surface area (Å²) < 4.78 is 18.8. The Kier molecular flexibility index (Phi) is 6.91. The fraction of sp³-hybridized carbons (Fsp3) is 0.233. The van der Waals surface area contributed by atoms with Crippen LogP contribution in [0.2, 0.25) is 0 Å². The van der Waals surface area contributed by atoms with E-state index >= 15 is 0 Å². The van der Waals surface area contributed by atoms with Gasteiger partial charge in [-0.2, -0.15) is 0 Å². The van der Waals surface area contributed by atoms with Gasteiger partial charge in [-0.05, 0) is 60.9 Å². The number of nitrogens with zero attached hydrogens (tertiary/aromatic N) is 2. The van der Waals surface area contributed by atoms with Crippen molar-refractivity contribution in [1.29, 1.82) is 0 Å². The lowest BCUT2D eigenvalue weighted by Gasteiger charge is -2.27. The van der Waals surface area contributed by atoms with E-state index in [0.717, 1.165) is 27.6 Å². The van der Waals surface area contributed by atoms with Gasteiger partial charge in [0.25, 0.3) is 5.56 Å². The first-order valence-electron chi connectivity index (χ1n) is 12.3. The first kappa shape index (κ1) is 25.5. The predicted octanol–water partition coefficient (Wildman–Crippen LogP) is 4.28. The number of methoxy groups -OCH3 is 2. The number of thiazole rings is 1. The number of ether oxygens (including phenoxy) is 3. The summed E-state index contributed by atoms with van der Waals surface area (Å²) in [6.07, 6.45) is 1.83. The van der Waals surface area contributed by atoms with Crippen molar-refractivity contribution in [3.63, 3.8) is 0 Å². The van der Waals surface area contributed by atoms with E-state index in [4.69, 9.17) is 14.2 Å². The Labute approximate surface area is 223 Å². The number of aromatic nitrogens is 1. The van der Waals surface area contributed by atoms with E-state index in [1.54, 1.807) is 32.6 Å². The highest BCUT2D eigenvalue weighted by Gasteiger charge is 2.36. The van der Waals surface area contributed by atoms with Crippen LogP contribution in [-0.2, 0) is 9.53 Å². The number of rotatable bonds is 6. The Morgan fingerprint density at radius 2 is 1.82 bits per heavy atom. The Morgan fingerprint density at radius 1 is 1.05 bits per heavy atom. The molecule has 0 fully saturated rings. The zero-order chi connectivity index (χ0) is 27.0. The van der Waals surface area contributed by atoms with Crippen molar-refractivity contribution < 1.29 is 19.0 Å². The van der Waals surface area contributed by atoms with Crippen LogP contribution in [-0.4, -0.2) is 31.4 Å². The Bertz CT molecular complexity index is 1780. The molecule has 2 heterocycles. The molecule has 194 valence electrons. The van der Waals surface area contributed by atoms with E-state index in [1.807, 2.05) is 67.6 Å². The number of fused-ring (bicyclic) bond motifs is 2. The second-order valence-electron chi connectivity index (χ2n) is 8.93. The van der Waals surface area contributed by atoms with Crippen LogP contribution < -0.4 is 24.4 Å². The van der Waals surface area contributed by atoms with Crippen molar-refractivity contribution >= 4 is 34.2 Å². The maximum absolute atomic E-state index is 14.0. The predicted molar refractivity (Wildman–Crippen MR) is 149 cm³/mol. The molecule has 4 aromatic rings. The molecule has 0 radical (unpaired) electrons. The zero-order valence-corrected chi connectivity index (χ0v) is 22.7. The number of carbonyl (C=O) groups excluding carboxylic acids is 1. The normalized spacial score (nSPS) is 15.3. The van der Waals surface area contributed by atoms with Gasteiger partial charge in [0.05, 0.1) is 36.6 Å². The van der Waals surface area contributed by atoms with Gasteiger partial charge in [0.15, 0.2) is 4.80 Å². The summed E-state index contributed by atoms with van der Waals surface area (Å²) in [6.45, 7) is 5.70. The second kappa shape index (κ2) is 10.3. The van der Waals surface area contributed by atoms with Crippen molar-refractivity contribution in [3.05, 3.63) is 102 Å². The summed E-state index contributed by atoms with van der Waals surface area (Å²) in [6, 6.07) is 16.7. The number of allylic oxidation sites excluding steroid dienone is 1. The van der Waals surface area contributed by atoms with E-state index in [-0.39, 0.29) is 12.2 Å². The highest BCUT2D eigenvalue weighted by Crippen LogP contribution is 2.40. The molecule has 1 aliphatic heterocycles. The van der Waals surface area contributed by atoms with Crippen LogP contribution in [0.3, 0.4) is 0 Å². The maximum Gasteiger partial charge on any atom is 0.338 e. The molecule has 0 aliphatic carbocycles. The molecule has 0 unspecified atom stereocenters. The Balaban J connectivity index is 1.83. The van der Waals surface area contributed by atoms with Crippen LogP contribution in [0.15, 0.2) is 75.7 Å². The van der Waals surface area contributed by atoms with Gasteiger partial charge in [0, 0.05) is 5.56 Å². The molecule has 8 heteroatoms. The van der Waals surface area contributed by atoms with E-state index in [2.05, 4.69) is 4.99 Å². The van der Waals surface area contributed by atoms with Gasteiger partial charge < -0.3 is 14.2 Å². The van der Waals surface area contributed by atoms with E-state index in [9.17, 15) is 9.59 Å². The number of carbonyl (C=O) groups is 1. The fourth-order valence-electron chi connectivity index (χ4n) is 4.88. The van der Waals surface area contributed by atoms with Gasteiger partial charge in [-0.25, -0.2) is 9.79 Å². The number of hydrogen-bond acceptors (Lipinski definition) is 7. The summed E-state index contributed by atoms with van der Waals surface area (Å²) in [4.78, 5) is 32.6. The molecule has 5 rings (SSSR count). The van der Waals surface area contributed by atoms with Crippen LogP contribution >= 0.6 is 11.3 Å².